The summed E-state index contributed by atoms with van der Waals surface area (Å²) in [6.45, 7) is 0.275. The molecule has 2 N–H and O–H groups in total. The Bertz CT molecular complexity index is 772. The van der Waals surface area contributed by atoms with Crippen LogP contribution in [-0.4, -0.2) is 26.8 Å². The minimum absolute atomic E-state index is 0.119. The number of amides is 1. The Labute approximate surface area is 137 Å². The number of nitrogens with zero attached hydrogens (tertiary/aromatic N) is 2. The van der Waals surface area contributed by atoms with E-state index in [1.807, 2.05) is 0 Å². The number of aliphatic carboxylic acids is 1. The third-order valence-electron chi connectivity index (χ3n) is 3.63. The maximum Gasteiger partial charge on any atom is 0.333 e. The first-order valence-electron chi connectivity index (χ1n) is 7.22. The first-order valence-corrected chi connectivity index (χ1v) is 7.22. The number of benzene rings is 1. The predicted molar refractivity (Wildman–Crippen MR) is 83.1 cm³/mol. The number of para-hydroxylation sites is 1. The van der Waals surface area contributed by atoms with E-state index in [0.29, 0.717) is 27.2 Å². The molecular weight excluding hydrogens is 320 g/mol. The van der Waals surface area contributed by atoms with E-state index in [2.05, 4.69) is 10.4 Å². The standard InChI is InChI=1S/C16H17F2N3O3/c1-9-12(10(2)21(20-9)16(17)18)8-14(22)19-13-6-4-3-5-11(13)7-15(23)24/h3-6,16H,7-8H2,1-2H3,(H,19,22)(H,23,24). The highest BCUT2D eigenvalue weighted by atomic mass is 19.3. The molecule has 6 nitrogen and oxygen atoms in total. The molecule has 0 bridgehead atoms. The van der Waals surface area contributed by atoms with E-state index in [9.17, 15) is 18.4 Å². The molecule has 2 rings (SSSR count). The van der Waals surface area contributed by atoms with Crippen LogP contribution in [0.25, 0.3) is 0 Å². The van der Waals surface area contributed by atoms with Crippen LogP contribution >= 0.6 is 0 Å². The molecule has 1 amide bonds. The third kappa shape index (κ3) is 3.95. The van der Waals surface area contributed by atoms with Crippen molar-refractivity contribution in [3.05, 3.63) is 46.8 Å². The molecular formula is C16H17F2N3O3. The number of alkyl halides is 2. The van der Waals surface area contributed by atoms with Gasteiger partial charge in [-0.05, 0) is 25.5 Å². The highest BCUT2D eigenvalue weighted by molar-refractivity contribution is 5.93. The van der Waals surface area contributed by atoms with Crippen LogP contribution in [0.2, 0.25) is 0 Å². The molecule has 128 valence electrons. The van der Waals surface area contributed by atoms with E-state index < -0.39 is 18.4 Å². The molecule has 24 heavy (non-hydrogen) atoms. The summed E-state index contributed by atoms with van der Waals surface area (Å²) >= 11 is 0. The first-order chi connectivity index (χ1) is 11.3. The Morgan fingerprint density at radius 3 is 2.50 bits per heavy atom. The molecule has 0 radical (unpaired) electrons. The molecule has 0 atom stereocenters. The zero-order valence-corrected chi connectivity index (χ0v) is 13.2. The second-order valence-corrected chi connectivity index (χ2v) is 5.32. The average Bonchev–Trinajstić information content (AvgIpc) is 2.77. The van der Waals surface area contributed by atoms with Gasteiger partial charge >= 0.3 is 12.5 Å². The quantitative estimate of drug-likeness (QED) is 0.849. The van der Waals surface area contributed by atoms with E-state index in [4.69, 9.17) is 5.11 Å². The van der Waals surface area contributed by atoms with Gasteiger partial charge in [-0.3, -0.25) is 9.59 Å². The van der Waals surface area contributed by atoms with Crippen LogP contribution in [0.1, 0.15) is 29.1 Å². The summed E-state index contributed by atoms with van der Waals surface area (Å²) in [5.41, 5.74) is 1.89. The van der Waals surface area contributed by atoms with E-state index in [-0.39, 0.29) is 18.5 Å². The van der Waals surface area contributed by atoms with Crippen molar-refractivity contribution in [1.82, 2.24) is 9.78 Å². The van der Waals surface area contributed by atoms with E-state index in [0.717, 1.165) is 0 Å². The van der Waals surface area contributed by atoms with Crippen LogP contribution in [0.3, 0.4) is 0 Å². The van der Waals surface area contributed by atoms with Crippen LogP contribution in [0.5, 0.6) is 0 Å². The molecule has 0 aliphatic carbocycles. The van der Waals surface area contributed by atoms with Crippen molar-refractivity contribution >= 4 is 17.6 Å². The van der Waals surface area contributed by atoms with Crippen LogP contribution in [0.15, 0.2) is 24.3 Å². The van der Waals surface area contributed by atoms with Crippen LogP contribution in [0.4, 0.5) is 14.5 Å². The minimum Gasteiger partial charge on any atom is -0.481 e. The number of rotatable bonds is 6. The van der Waals surface area contributed by atoms with Gasteiger partial charge in [0.25, 0.3) is 0 Å². The number of halogens is 2. The van der Waals surface area contributed by atoms with Gasteiger partial charge in [0.1, 0.15) is 0 Å². The summed E-state index contributed by atoms with van der Waals surface area (Å²) < 4.78 is 26.2. The Morgan fingerprint density at radius 2 is 1.92 bits per heavy atom. The number of carbonyl (C=O) groups is 2. The summed E-state index contributed by atoms with van der Waals surface area (Å²) in [6, 6.07) is 6.55. The Balaban J connectivity index is 2.17. The maximum atomic E-state index is 12.8. The van der Waals surface area contributed by atoms with Crippen molar-refractivity contribution in [1.29, 1.82) is 0 Å². The number of aromatic nitrogens is 2. The monoisotopic (exact) mass is 337 g/mol. The molecule has 1 aromatic carbocycles. The van der Waals surface area contributed by atoms with E-state index in [1.165, 1.54) is 6.92 Å². The number of carbonyl (C=O) groups excluding carboxylic acids is 1. The van der Waals surface area contributed by atoms with Gasteiger partial charge in [0.2, 0.25) is 5.91 Å². The van der Waals surface area contributed by atoms with Gasteiger partial charge in [-0.1, -0.05) is 18.2 Å². The van der Waals surface area contributed by atoms with Crippen molar-refractivity contribution in [3.8, 4) is 0 Å². The summed E-state index contributed by atoms with van der Waals surface area (Å²) in [5.74, 6) is -1.44. The molecule has 2 aromatic rings. The summed E-state index contributed by atoms with van der Waals surface area (Å²) in [4.78, 5) is 23.1. The van der Waals surface area contributed by atoms with Crippen molar-refractivity contribution in [2.75, 3.05) is 5.32 Å². The fourth-order valence-electron chi connectivity index (χ4n) is 2.46. The molecule has 8 heteroatoms. The van der Waals surface area contributed by atoms with Crippen molar-refractivity contribution in [3.63, 3.8) is 0 Å². The van der Waals surface area contributed by atoms with E-state index >= 15 is 0 Å². The van der Waals surface area contributed by atoms with Crippen molar-refractivity contribution < 1.29 is 23.5 Å². The molecule has 0 spiro atoms. The highest BCUT2D eigenvalue weighted by Crippen LogP contribution is 2.21. The summed E-state index contributed by atoms with van der Waals surface area (Å²) in [5, 5.41) is 15.3. The molecule has 0 saturated heterocycles. The molecule has 1 heterocycles. The van der Waals surface area contributed by atoms with Crippen molar-refractivity contribution in [2.45, 2.75) is 33.2 Å². The lowest BCUT2D eigenvalue weighted by Gasteiger charge is -2.10. The zero-order chi connectivity index (χ0) is 17.9. The minimum atomic E-state index is -2.77. The number of aryl methyl sites for hydroxylation is 1. The normalized spacial score (nSPS) is 10.9. The van der Waals surface area contributed by atoms with Gasteiger partial charge in [0.05, 0.1) is 18.5 Å². The number of hydrogen-bond donors (Lipinski definition) is 2. The Kier molecular flexibility index (Phi) is 5.28. The first kappa shape index (κ1) is 17.6. The molecule has 0 unspecified atom stereocenters. The van der Waals surface area contributed by atoms with Gasteiger partial charge < -0.3 is 10.4 Å². The van der Waals surface area contributed by atoms with Crippen LogP contribution in [0, 0.1) is 13.8 Å². The largest absolute Gasteiger partial charge is 0.481 e. The molecule has 0 aliphatic rings. The van der Waals surface area contributed by atoms with Gasteiger partial charge in [-0.25, -0.2) is 4.68 Å². The van der Waals surface area contributed by atoms with Gasteiger partial charge in [0.15, 0.2) is 0 Å². The number of carboxylic acids is 1. The molecule has 0 aliphatic heterocycles. The van der Waals surface area contributed by atoms with Crippen LogP contribution < -0.4 is 5.32 Å². The lowest BCUT2D eigenvalue weighted by molar-refractivity contribution is -0.136. The Hall–Kier alpha value is -2.77. The van der Waals surface area contributed by atoms with Crippen molar-refractivity contribution in [2.24, 2.45) is 0 Å². The summed E-state index contributed by atoms with van der Waals surface area (Å²) in [6.07, 6.45) is -0.344. The fourth-order valence-corrected chi connectivity index (χ4v) is 2.46. The number of hydrogen-bond acceptors (Lipinski definition) is 3. The fraction of sp³-hybridized carbons (Fsp3) is 0.312. The number of carboxylic acid groups (broad SMARTS) is 1. The van der Waals surface area contributed by atoms with Gasteiger partial charge in [-0.2, -0.15) is 13.9 Å². The molecule has 1 aromatic heterocycles. The average molecular weight is 337 g/mol. The SMILES string of the molecule is Cc1nn(C(F)F)c(C)c1CC(=O)Nc1ccccc1CC(=O)O. The predicted octanol–water partition coefficient (Wildman–Crippen LogP) is 2.70. The molecule has 0 fully saturated rings. The lowest BCUT2D eigenvalue weighted by atomic mass is 10.1. The van der Waals surface area contributed by atoms with Gasteiger partial charge in [-0.15, -0.1) is 0 Å². The van der Waals surface area contributed by atoms with Crippen LogP contribution in [-0.2, 0) is 22.4 Å². The highest BCUT2D eigenvalue weighted by Gasteiger charge is 2.19. The second-order valence-electron chi connectivity index (χ2n) is 5.32. The second kappa shape index (κ2) is 7.20. The smallest absolute Gasteiger partial charge is 0.333 e. The summed E-state index contributed by atoms with van der Waals surface area (Å²) in [7, 11) is 0. The number of anilines is 1. The topological polar surface area (TPSA) is 84.2 Å². The Morgan fingerprint density at radius 1 is 1.25 bits per heavy atom. The zero-order valence-electron chi connectivity index (χ0n) is 13.2. The maximum absolute atomic E-state index is 12.8. The lowest BCUT2D eigenvalue weighted by Crippen LogP contribution is -2.17. The third-order valence-corrected chi connectivity index (χ3v) is 3.63. The van der Waals surface area contributed by atoms with Gasteiger partial charge in [0, 0.05) is 16.9 Å². The number of nitrogens with one attached hydrogen (secondary N) is 1. The van der Waals surface area contributed by atoms with E-state index in [1.54, 1.807) is 31.2 Å². The molecule has 0 saturated carbocycles.